The third-order valence-corrected chi connectivity index (χ3v) is 9.18. The van der Waals surface area contributed by atoms with E-state index in [1.807, 2.05) is 4.90 Å². The van der Waals surface area contributed by atoms with Crippen molar-refractivity contribution in [2.75, 3.05) is 17.7 Å². The Labute approximate surface area is 193 Å². The number of hydrogen-bond donors (Lipinski definition) is 2. The summed E-state index contributed by atoms with van der Waals surface area (Å²) in [7, 11) is -3.97. The largest absolute Gasteiger partial charge is 0.480 e. The molecule has 2 amide bonds. The van der Waals surface area contributed by atoms with Gasteiger partial charge in [-0.15, -0.1) is 0 Å². The molecule has 0 unspecified atom stereocenters. The predicted octanol–water partition coefficient (Wildman–Crippen LogP) is 3.91. The normalized spacial score (nSPS) is 22.4. The molecule has 0 saturated heterocycles. The van der Waals surface area contributed by atoms with E-state index in [9.17, 15) is 18.0 Å². The van der Waals surface area contributed by atoms with Gasteiger partial charge in [0.15, 0.2) is 20.7 Å². The SMILES string of the molecule is CCCOC1CCC(N(C(=O)Nc2ncc(S(=O)(=O)CC(=O)O)s2)C2CCCCC2)CC1. The summed E-state index contributed by atoms with van der Waals surface area (Å²) in [4.78, 5) is 30.1. The summed E-state index contributed by atoms with van der Waals surface area (Å²) in [5.41, 5.74) is 0. The fourth-order valence-corrected chi connectivity index (χ4v) is 6.76. The van der Waals surface area contributed by atoms with Gasteiger partial charge in [0.25, 0.3) is 0 Å². The van der Waals surface area contributed by atoms with Crippen LogP contribution in [0.4, 0.5) is 9.93 Å². The van der Waals surface area contributed by atoms with Gasteiger partial charge in [0.1, 0.15) is 4.21 Å². The molecule has 2 saturated carbocycles. The Kier molecular flexibility index (Phi) is 8.89. The van der Waals surface area contributed by atoms with Crippen LogP contribution in [0.25, 0.3) is 0 Å². The predicted molar refractivity (Wildman–Crippen MR) is 122 cm³/mol. The maximum absolute atomic E-state index is 13.3. The second-order valence-electron chi connectivity index (χ2n) is 8.57. The van der Waals surface area contributed by atoms with Crippen molar-refractivity contribution in [3.05, 3.63) is 6.20 Å². The minimum atomic E-state index is -3.97. The van der Waals surface area contributed by atoms with Crippen LogP contribution in [0.3, 0.4) is 0 Å². The first kappa shape index (κ1) is 24.9. The highest BCUT2D eigenvalue weighted by molar-refractivity contribution is 7.94. The number of carbonyl (C=O) groups is 2. The first-order chi connectivity index (χ1) is 15.3. The molecule has 0 spiro atoms. The molecule has 0 atom stereocenters. The molecule has 1 aromatic heterocycles. The van der Waals surface area contributed by atoms with E-state index in [4.69, 9.17) is 9.84 Å². The lowest BCUT2D eigenvalue weighted by atomic mass is 9.88. The smallest absolute Gasteiger partial charge is 0.324 e. The Bertz CT molecular complexity index is 874. The number of aliphatic carboxylic acids is 1. The van der Waals surface area contributed by atoms with E-state index >= 15 is 0 Å². The number of nitrogens with one attached hydrogen (secondary N) is 1. The number of nitrogens with zero attached hydrogens (tertiary/aromatic N) is 2. The first-order valence-electron chi connectivity index (χ1n) is 11.4. The van der Waals surface area contributed by atoms with E-state index in [1.54, 1.807) is 0 Å². The molecule has 2 fully saturated rings. The minimum absolute atomic E-state index is 0.120. The van der Waals surface area contributed by atoms with E-state index in [2.05, 4.69) is 17.2 Å². The number of carboxylic acids is 1. The summed E-state index contributed by atoms with van der Waals surface area (Å²) in [5.74, 6) is -2.42. The van der Waals surface area contributed by atoms with Gasteiger partial charge in [0.2, 0.25) is 0 Å². The Morgan fingerprint density at radius 1 is 1.16 bits per heavy atom. The average Bonchev–Trinajstić information content (AvgIpc) is 3.23. The van der Waals surface area contributed by atoms with Crippen LogP contribution in [0.5, 0.6) is 0 Å². The van der Waals surface area contributed by atoms with Crippen molar-refractivity contribution >= 4 is 38.3 Å². The monoisotopic (exact) mass is 487 g/mol. The highest BCUT2D eigenvalue weighted by Gasteiger charge is 2.35. The highest BCUT2D eigenvalue weighted by atomic mass is 32.2. The molecular weight excluding hydrogens is 454 g/mol. The van der Waals surface area contributed by atoms with Crippen LogP contribution in [0.15, 0.2) is 10.4 Å². The van der Waals surface area contributed by atoms with Gasteiger partial charge >= 0.3 is 12.0 Å². The molecule has 1 aromatic rings. The lowest BCUT2D eigenvalue weighted by Crippen LogP contribution is -2.51. The minimum Gasteiger partial charge on any atom is -0.480 e. The third kappa shape index (κ3) is 6.64. The number of aromatic nitrogens is 1. The van der Waals surface area contributed by atoms with Crippen molar-refractivity contribution < 1.29 is 27.9 Å². The van der Waals surface area contributed by atoms with Crippen molar-refractivity contribution in [3.8, 4) is 0 Å². The molecule has 2 aliphatic carbocycles. The van der Waals surface area contributed by atoms with Gasteiger partial charge in [-0.1, -0.05) is 37.5 Å². The maximum atomic E-state index is 13.3. The molecule has 0 radical (unpaired) electrons. The van der Waals surface area contributed by atoms with Gasteiger partial charge < -0.3 is 14.7 Å². The number of hydrogen-bond acceptors (Lipinski definition) is 7. The summed E-state index contributed by atoms with van der Waals surface area (Å²) in [6.45, 7) is 2.86. The Morgan fingerprint density at radius 3 is 2.44 bits per heavy atom. The van der Waals surface area contributed by atoms with Crippen LogP contribution in [0.2, 0.25) is 0 Å². The molecule has 180 valence electrons. The number of rotatable bonds is 9. The standard InChI is InChI=1S/C21H33N3O6S2/c1-2-12-30-17-10-8-16(9-11-17)24(15-6-4-3-5-7-15)21(27)23-20-22-13-19(31-20)32(28,29)14-18(25)26/h13,15-17H,2-12,14H2,1H3,(H,25,26)(H,22,23,27). The molecule has 1 heterocycles. The van der Waals surface area contributed by atoms with Gasteiger partial charge in [-0.2, -0.15) is 0 Å². The fourth-order valence-electron chi connectivity index (χ4n) is 4.61. The van der Waals surface area contributed by atoms with Gasteiger partial charge in [0.05, 0.1) is 12.3 Å². The number of ether oxygens (including phenoxy) is 1. The van der Waals surface area contributed by atoms with E-state index < -0.39 is 21.6 Å². The summed E-state index contributed by atoms with van der Waals surface area (Å²) in [6, 6.07) is 0.0261. The van der Waals surface area contributed by atoms with Crippen LogP contribution >= 0.6 is 11.3 Å². The molecular formula is C21H33N3O6S2. The number of urea groups is 1. The van der Waals surface area contributed by atoms with Crippen LogP contribution < -0.4 is 5.32 Å². The second-order valence-corrected chi connectivity index (χ2v) is 11.8. The zero-order valence-electron chi connectivity index (χ0n) is 18.5. The summed E-state index contributed by atoms with van der Waals surface area (Å²) >= 11 is 0.789. The highest BCUT2D eigenvalue weighted by Crippen LogP contribution is 2.32. The summed E-state index contributed by atoms with van der Waals surface area (Å²) in [6.07, 6.45) is 11.3. The average molecular weight is 488 g/mol. The van der Waals surface area contributed by atoms with Crippen LogP contribution in [-0.2, 0) is 19.4 Å². The molecule has 2 N–H and O–H groups in total. The number of carboxylic acid groups (broad SMARTS) is 1. The number of amides is 2. The van der Waals surface area contributed by atoms with E-state index in [0.29, 0.717) is 0 Å². The molecule has 3 rings (SSSR count). The van der Waals surface area contributed by atoms with E-state index in [1.165, 1.54) is 6.42 Å². The Balaban J connectivity index is 1.69. The second kappa shape index (κ2) is 11.4. The van der Waals surface area contributed by atoms with Crippen molar-refractivity contribution in [3.63, 3.8) is 0 Å². The topological polar surface area (TPSA) is 126 Å². The van der Waals surface area contributed by atoms with Gasteiger partial charge in [-0.05, 0) is 44.9 Å². The quantitative estimate of drug-likeness (QED) is 0.541. The molecule has 11 heteroatoms. The Morgan fingerprint density at radius 2 is 1.81 bits per heavy atom. The van der Waals surface area contributed by atoms with Gasteiger partial charge in [-0.3, -0.25) is 10.1 Å². The molecule has 32 heavy (non-hydrogen) atoms. The number of sulfone groups is 1. The molecule has 0 aliphatic heterocycles. The molecule has 0 bridgehead atoms. The van der Waals surface area contributed by atoms with Gasteiger partial charge in [0, 0.05) is 18.7 Å². The van der Waals surface area contributed by atoms with Crippen LogP contribution in [0, 0.1) is 0 Å². The maximum Gasteiger partial charge on any atom is 0.324 e. The van der Waals surface area contributed by atoms with Crippen molar-refractivity contribution in [2.24, 2.45) is 0 Å². The fraction of sp³-hybridized carbons (Fsp3) is 0.762. The molecule has 2 aliphatic rings. The Hall–Kier alpha value is -1.72. The lowest BCUT2D eigenvalue weighted by molar-refractivity contribution is -0.134. The summed E-state index contributed by atoms with van der Waals surface area (Å²) < 4.78 is 30.0. The third-order valence-electron chi connectivity index (χ3n) is 6.12. The molecule has 9 nitrogen and oxygen atoms in total. The van der Waals surface area contributed by atoms with Crippen molar-refractivity contribution in [1.82, 2.24) is 9.88 Å². The zero-order chi connectivity index (χ0) is 23.1. The van der Waals surface area contributed by atoms with Crippen molar-refractivity contribution in [1.29, 1.82) is 0 Å². The number of thiazole rings is 1. The van der Waals surface area contributed by atoms with Crippen LogP contribution in [-0.4, -0.2) is 66.0 Å². The van der Waals surface area contributed by atoms with Gasteiger partial charge in [-0.25, -0.2) is 18.2 Å². The first-order valence-corrected chi connectivity index (χ1v) is 13.9. The number of carbonyl (C=O) groups excluding carboxylic acids is 1. The van der Waals surface area contributed by atoms with Crippen LogP contribution in [0.1, 0.15) is 71.1 Å². The van der Waals surface area contributed by atoms with E-state index in [0.717, 1.165) is 81.9 Å². The number of anilines is 1. The van der Waals surface area contributed by atoms with Crippen molar-refractivity contribution in [2.45, 2.75) is 93.5 Å². The lowest BCUT2D eigenvalue weighted by Gasteiger charge is -2.42. The summed E-state index contributed by atoms with van der Waals surface area (Å²) in [5, 5.41) is 11.8. The van der Waals surface area contributed by atoms with E-state index in [-0.39, 0.29) is 33.6 Å². The molecule has 0 aromatic carbocycles. The zero-order valence-corrected chi connectivity index (χ0v) is 20.1.